The minimum atomic E-state index is 0.0840. The highest BCUT2D eigenvalue weighted by Crippen LogP contribution is 2.24. The minimum Gasteiger partial charge on any atom is -0.370 e. The predicted octanol–water partition coefficient (Wildman–Crippen LogP) is 3.15. The number of aromatic nitrogens is 1. The number of hydrogen-bond donors (Lipinski definition) is 1. The predicted molar refractivity (Wildman–Crippen MR) is 80.4 cm³/mol. The van der Waals surface area contributed by atoms with Crippen LogP contribution in [-0.2, 0) is 0 Å². The van der Waals surface area contributed by atoms with Gasteiger partial charge >= 0.3 is 0 Å². The lowest BCUT2D eigenvalue weighted by Crippen LogP contribution is -2.29. The van der Waals surface area contributed by atoms with E-state index in [4.69, 9.17) is 0 Å². The van der Waals surface area contributed by atoms with E-state index >= 15 is 0 Å². The zero-order valence-corrected chi connectivity index (χ0v) is 13.0. The van der Waals surface area contributed by atoms with Crippen molar-refractivity contribution < 1.29 is 4.79 Å². The van der Waals surface area contributed by atoms with Crippen LogP contribution >= 0.6 is 15.9 Å². The largest absolute Gasteiger partial charge is 0.370 e. The molecular weight excluding hydrogens is 306 g/mol. The van der Waals surface area contributed by atoms with Crippen LogP contribution in [0.4, 0.5) is 5.82 Å². The number of nitrogens with one attached hydrogen (secondary N) is 1. The van der Waals surface area contributed by atoms with Crippen LogP contribution in [0, 0.1) is 5.92 Å². The summed E-state index contributed by atoms with van der Waals surface area (Å²) in [6.07, 6.45) is 3.97. The SMILES string of the molecule is CCNc1ncc(Br)cc1C(=O)N1CCC(CC)C1. The van der Waals surface area contributed by atoms with Gasteiger partial charge in [-0.2, -0.15) is 0 Å². The van der Waals surface area contributed by atoms with E-state index in [9.17, 15) is 4.79 Å². The number of nitrogens with zero attached hydrogens (tertiary/aromatic N) is 2. The third-order valence-corrected chi connectivity index (χ3v) is 4.01. The summed E-state index contributed by atoms with van der Waals surface area (Å²) in [5.74, 6) is 1.41. The quantitative estimate of drug-likeness (QED) is 0.924. The molecule has 0 spiro atoms. The first-order valence-corrected chi connectivity index (χ1v) is 7.63. The highest BCUT2D eigenvalue weighted by Gasteiger charge is 2.27. The van der Waals surface area contributed by atoms with Gasteiger partial charge in [0.25, 0.3) is 5.91 Å². The van der Waals surface area contributed by atoms with Crippen molar-refractivity contribution in [1.29, 1.82) is 0 Å². The molecule has 0 bridgehead atoms. The Bertz CT molecular complexity index is 464. The van der Waals surface area contributed by atoms with E-state index in [0.717, 1.165) is 36.9 Å². The van der Waals surface area contributed by atoms with Gasteiger partial charge in [0.1, 0.15) is 5.82 Å². The Kier molecular flexibility index (Phi) is 4.80. The van der Waals surface area contributed by atoms with Gasteiger partial charge in [-0.1, -0.05) is 13.3 Å². The van der Waals surface area contributed by atoms with Gasteiger partial charge in [-0.15, -0.1) is 0 Å². The van der Waals surface area contributed by atoms with E-state index in [1.54, 1.807) is 6.20 Å². The molecule has 0 aliphatic carbocycles. The molecule has 1 saturated heterocycles. The maximum absolute atomic E-state index is 12.6. The molecule has 2 rings (SSSR count). The number of pyridine rings is 1. The second kappa shape index (κ2) is 6.37. The number of hydrogen-bond acceptors (Lipinski definition) is 3. The molecule has 1 unspecified atom stereocenters. The van der Waals surface area contributed by atoms with E-state index < -0.39 is 0 Å². The lowest BCUT2D eigenvalue weighted by molar-refractivity contribution is 0.0787. The Balaban J connectivity index is 2.20. The molecule has 1 aromatic rings. The number of rotatable bonds is 4. The number of anilines is 1. The standard InChI is InChI=1S/C14H20BrN3O/c1-3-10-5-6-18(9-10)14(19)12-7-11(15)8-17-13(12)16-4-2/h7-8,10H,3-6,9H2,1-2H3,(H,16,17). The van der Waals surface area contributed by atoms with Gasteiger partial charge in [0.05, 0.1) is 5.56 Å². The van der Waals surface area contributed by atoms with Crippen molar-refractivity contribution >= 4 is 27.7 Å². The van der Waals surface area contributed by atoms with Gasteiger partial charge in [0, 0.05) is 30.3 Å². The van der Waals surface area contributed by atoms with Gasteiger partial charge in [0.15, 0.2) is 0 Å². The van der Waals surface area contributed by atoms with Crippen LogP contribution in [-0.4, -0.2) is 35.4 Å². The van der Waals surface area contributed by atoms with Crippen molar-refractivity contribution in [3.05, 3.63) is 22.3 Å². The first kappa shape index (κ1) is 14.3. The Labute approximate surface area is 122 Å². The second-order valence-corrected chi connectivity index (χ2v) is 5.81. The van der Waals surface area contributed by atoms with Gasteiger partial charge in [0.2, 0.25) is 0 Å². The third-order valence-electron chi connectivity index (χ3n) is 3.58. The number of halogens is 1. The first-order chi connectivity index (χ1) is 9.15. The zero-order valence-electron chi connectivity index (χ0n) is 11.4. The average Bonchev–Trinajstić information content (AvgIpc) is 2.89. The van der Waals surface area contributed by atoms with Crippen LogP contribution < -0.4 is 5.32 Å². The fourth-order valence-corrected chi connectivity index (χ4v) is 2.76. The van der Waals surface area contributed by atoms with Gasteiger partial charge < -0.3 is 10.2 Å². The molecule has 4 nitrogen and oxygen atoms in total. The molecule has 0 saturated carbocycles. The molecular formula is C14H20BrN3O. The van der Waals surface area contributed by atoms with Crippen LogP contribution in [0.1, 0.15) is 37.0 Å². The van der Waals surface area contributed by atoms with E-state index in [2.05, 4.69) is 33.2 Å². The van der Waals surface area contributed by atoms with Crippen molar-refractivity contribution in [3.63, 3.8) is 0 Å². The topological polar surface area (TPSA) is 45.2 Å². The Morgan fingerprint density at radius 2 is 2.37 bits per heavy atom. The lowest BCUT2D eigenvalue weighted by Gasteiger charge is -2.18. The fourth-order valence-electron chi connectivity index (χ4n) is 2.43. The molecule has 1 aliphatic rings. The molecule has 1 N–H and O–H groups in total. The van der Waals surface area contributed by atoms with Crippen LogP contribution in [0.2, 0.25) is 0 Å². The van der Waals surface area contributed by atoms with Crippen LogP contribution in [0.3, 0.4) is 0 Å². The number of amides is 1. The normalized spacial score (nSPS) is 18.7. The summed E-state index contributed by atoms with van der Waals surface area (Å²) >= 11 is 3.39. The molecule has 2 heterocycles. The van der Waals surface area contributed by atoms with Crippen molar-refractivity contribution in [2.45, 2.75) is 26.7 Å². The minimum absolute atomic E-state index is 0.0840. The summed E-state index contributed by atoms with van der Waals surface area (Å²) in [5.41, 5.74) is 0.660. The molecule has 104 valence electrons. The summed E-state index contributed by atoms with van der Waals surface area (Å²) < 4.78 is 0.837. The maximum Gasteiger partial charge on any atom is 0.257 e. The molecule has 1 fully saturated rings. The summed E-state index contributed by atoms with van der Waals surface area (Å²) in [6, 6.07) is 1.85. The molecule has 1 amide bonds. The summed E-state index contributed by atoms with van der Waals surface area (Å²) in [5, 5.41) is 3.15. The number of carbonyl (C=O) groups is 1. The third kappa shape index (κ3) is 3.26. The van der Waals surface area contributed by atoms with Crippen LogP contribution in [0.25, 0.3) is 0 Å². The Hall–Kier alpha value is -1.10. The average molecular weight is 326 g/mol. The van der Waals surface area contributed by atoms with Crippen LogP contribution in [0.15, 0.2) is 16.7 Å². The molecule has 1 aliphatic heterocycles. The van der Waals surface area contributed by atoms with E-state index in [0.29, 0.717) is 17.3 Å². The Morgan fingerprint density at radius 1 is 1.58 bits per heavy atom. The fraction of sp³-hybridized carbons (Fsp3) is 0.571. The van der Waals surface area contributed by atoms with Gasteiger partial charge in [-0.05, 0) is 41.3 Å². The molecule has 1 aromatic heterocycles. The van der Waals surface area contributed by atoms with Gasteiger partial charge in [-0.25, -0.2) is 4.98 Å². The van der Waals surface area contributed by atoms with Crippen molar-refractivity contribution in [1.82, 2.24) is 9.88 Å². The molecule has 5 heteroatoms. The Morgan fingerprint density at radius 3 is 3.00 bits per heavy atom. The smallest absolute Gasteiger partial charge is 0.257 e. The second-order valence-electron chi connectivity index (χ2n) is 4.89. The van der Waals surface area contributed by atoms with Gasteiger partial charge in [-0.3, -0.25) is 4.79 Å². The monoisotopic (exact) mass is 325 g/mol. The molecule has 1 atom stereocenters. The maximum atomic E-state index is 12.6. The first-order valence-electron chi connectivity index (χ1n) is 6.84. The summed E-state index contributed by atoms with van der Waals surface area (Å²) in [4.78, 5) is 18.8. The molecule has 0 aromatic carbocycles. The summed E-state index contributed by atoms with van der Waals surface area (Å²) in [7, 11) is 0. The number of carbonyl (C=O) groups excluding carboxylic acids is 1. The van der Waals surface area contributed by atoms with E-state index in [1.165, 1.54) is 0 Å². The van der Waals surface area contributed by atoms with Crippen molar-refractivity contribution in [2.75, 3.05) is 25.0 Å². The highest BCUT2D eigenvalue weighted by molar-refractivity contribution is 9.10. The van der Waals surface area contributed by atoms with Crippen molar-refractivity contribution in [3.8, 4) is 0 Å². The summed E-state index contributed by atoms with van der Waals surface area (Å²) in [6.45, 7) is 6.67. The lowest BCUT2D eigenvalue weighted by atomic mass is 10.1. The molecule has 19 heavy (non-hydrogen) atoms. The van der Waals surface area contributed by atoms with Crippen molar-refractivity contribution in [2.24, 2.45) is 5.92 Å². The van der Waals surface area contributed by atoms with Crippen LogP contribution in [0.5, 0.6) is 0 Å². The zero-order chi connectivity index (χ0) is 13.8. The van der Waals surface area contributed by atoms with E-state index in [-0.39, 0.29) is 5.91 Å². The van der Waals surface area contributed by atoms with E-state index in [1.807, 2.05) is 17.9 Å². The number of likely N-dealkylation sites (tertiary alicyclic amines) is 1. The molecule has 0 radical (unpaired) electrons. The highest BCUT2D eigenvalue weighted by atomic mass is 79.9.